The third-order valence-electron chi connectivity index (χ3n) is 2.96. The average Bonchev–Trinajstić information content (AvgIpc) is 2.38. The van der Waals surface area contributed by atoms with Crippen molar-refractivity contribution < 1.29 is 9.84 Å². The highest BCUT2D eigenvalue weighted by Gasteiger charge is 2.15. The van der Waals surface area contributed by atoms with Crippen LogP contribution in [0, 0.1) is 0 Å². The molecule has 0 aliphatic heterocycles. The summed E-state index contributed by atoms with van der Waals surface area (Å²) in [5.41, 5.74) is 0.925. The summed E-state index contributed by atoms with van der Waals surface area (Å²) in [6.07, 6.45) is 4.13. The van der Waals surface area contributed by atoms with Crippen LogP contribution in [-0.2, 0) is 4.74 Å². The predicted molar refractivity (Wildman–Crippen MR) is 71.0 cm³/mol. The molecule has 1 rings (SSSR count). The van der Waals surface area contributed by atoms with Crippen molar-refractivity contribution >= 4 is 0 Å². The molecule has 0 aromatic heterocycles. The van der Waals surface area contributed by atoms with Gasteiger partial charge in [0.1, 0.15) is 6.10 Å². The quantitative estimate of drug-likeness (QED) is 0.697. The number of aliphatic hydroxyl groups excluding tert-OH is 1. The van der Waals surface area contributed by atoms with Gasteiger partial charge in [-0.3, -0.25) is 0 Å². The Bertz CT molecular complexity index is 284. The lowest BCUT2D eigenvalue weighted by atomic mass is 10.1. The number of hydrogen-bond acceptors (Lipinski definition) is 2. The first-order chi connectivity index (χ1) is 8.25. The first-order valence-electron chi connectivity index (χ1n) is 6.60. The molecule has 0 heterocycles. The summed E-state index contributed by atoms with van der Waals surface area (Å²) in [6, 6.07) is 9.69. The van der Waals surface area contributed by atoms with Gasteiger partial charge in [-0.2, -0.15) is 0 Å². The minimum atomic E-state index is -0.526. The van der Waals surface area contributed by atoms with Crippen LogP contribution in [-0.4, -0.2) is 17.8 Å². The van der Waals surface area contributed by atoms with Crippen molar-refractivity contribution in [3.8, 4) is 0 Å². The molecule has 1 N–H and O–H groups in total. The van der Waals surface area contributed by atoms with Crippen molar-refractivity contribution in [1.82, 2.24) is 0 Å². The average molecular weight is 236 g/mol. The van der Waals surface area contributed by atoms with Crippen molar-refractivity contribution in [2.75, 3.05) is 6.61 Å². The van der Waals surface area contributed by atoms with Crippen LogP contribution in [0.25, 0.3) is 0 Å². The molecule has 0 aliphatic rings. The number of hydrogen-bond donors (Lipinski definition) is 1. The highest BCUT2D eigenvalue weighted by molar-refractivity contribution is 5.18. The third kappa shape index (κ3) is 5.33. The molecule has 1 aromatic carbocycles. The Kier molecular flexibility index (Phi) is 6.90. The Morgan fingerprint density at radius 2 is 1.82 bits per heavy atom. The van der Waals surface area contributed by atoms with Crippen LogP contribution in [0.4, 0.5) is 0 Å². The van der Waals surface area contributed by atoms with Crippen molar-refractivity contribution in [1.29, 1.82) is 0 Å². The fourth-order valence-electron chi connectivity index (χ4n) is 1.81. The van der Waals surface area contributed by atoms with E-state index in [0.717, 1.165) is 18.6 Å². The Hall–Kier alpha value is -0.860. The molecule has 0 saturated heterocycles. The van der Waals surface area contributed by atoms with Crippen molar-refractivity contribution in [3.63, 3.8) is 0 Å². The summed E-state index contributed by atoms with van der Waals surface area (Å²) in [7, 11) is 0. The standard InChI is InChI=1S/C15H24O2/c1-3-4-5-9-12-17-13(2)15(16)14-10-7-6-8-11-14/h6-8,10-11,13,15-16H,3-5,9,12H2,1-2H3. The van der Waals surface area contributed by atoms with Gasteiger partial charge < -0.3 is 9.84 Å². The van der Waals surface area contributed by atoms with E-state index in [0.29, 0.717) is 0 Å². The largest absolute Gasteiger partial charge is 0.386 e. The summed E-state index contributed by atoms with van der Waals surface area (Å²) < 4.78 is 5.65. The Morgan fingerprint density at radius 3 is 2.47 bits per heavy atom. The fraction of sp³-hybridized carbons (Fsp3) is 0.600. The van der Waals surface area contributed by atoms with E-state index in [2.05, 4.69) is 6.92 Å². The van der Waals surface area contributed by atoms with Crippen LogP contribution >= 0.6 is 0 Å². The summed E-state index contributed by atoms with van der Waals surface area (Å²) in [5.74, 6) is 0. The second-order valence-electron chi connectivity index (χ2n) is 4.49. The van der Waals surface area contributed by atoms with Gasteiger partial charge >= 0.3 is 0 Å². The number of benzene rings is 1. The lowest BCUT2D eigenvalue weighted by molar-refractivity contribution is -0.0291. The van der Waals surface area contributed by atoms with Crippen molar-refractivity contribution in [2.45, 2.75) is 51.7 Å². The van der Waals surface area contributed by atoms with E-state index in [-0.39, 0.29) is 6.10 Å². The Balaban J connectivity index is 2.25. The highest BCUT2D eigenvalue weighted by atomic mass is 16.5. The molecule has 0 spiro atoms. The zero-order valence-corrected chi connectivity index (χ0v) is 10.9. The van der Waals surface area contributed by atoms with Gasteiger partial charge in [0.25, 0.3) is 0 Å². The summed E-state index contributed by atoms with van der Waals surface area (Å²) in [5, 5.41) is 10.1. The molecular weight excluding hydrogens is 212 g/mol. The molecule has 2 unspecified atom stereocenters. The van der Waals surface area contributed by atoms with Crippen LogP contribution in [0.5, 0.6) is 0 Å². The number of aliphatic hydroxyl groups is 1. The van der Waals surface area contributed by atoms with Gasteiger partial charge in [0.2, 0.25) is 0 Å². The second-order valence-corrected chi connectivity index (χ2v) is 4.49. The molecule has 0 radical (unpaired) electrons. The monoisotopic (exact) mass is 236 g/mol. The SMILES string of the molecule is CCCCCCOC(C)C(O)c1ccccc1. The van der Waals surface area contributed by atoms with Crippen LogP contribution in [0.15, 0.2) is 30.3 Å². The van der Waals surface area contributed by atoms with E-state index in [9.17, 15) is 5.11 Å². The third-order valence-corrected chi connectivity index (χ3v) is 2.96. The zero-order valence-electron chi connectivity index (χ0n) is 10.9. The molecule has 0 aliphatic carbocycles. The maximum atomic E-state index is 10.1. The van der Waals surface area contributed by atoms with Gasteiger partial charge in [-0.05, 0) is 18.9 Å². The molecule has 1 aromatic rings. The van der Waals surface area contributed by atoms with Crippen LogP contribution < -0.4 is 0 Å². The Labute approximate surface area is 105 Å². The number of rotatable bonds is 8. The summed E-state index contributed by atoms with van der Waals surface area (Å²) in [6.45, 7) is 4.87. The molecule has 96 valence electrons. The molecular formula is C15H24O2. The van der Waals surface area contributed by atoms with E-state index in [1.807, 2.05) is 37.3 Å². The van der Waals surface area contributed by atoms with Gasteiger partial charge in [0, 0.05) is 6.61 Å². The van der Waals surface area contributed by atoms with Gasteiger partial charge in [-0.1, -0.05) is 56.5 Å². The van der Waals surface area contributed by atoms with Gasteiger partial charge in [-0.25, -0.2) is 0 Å². The fourth-order valence-corrected chi connectivity index (χ4v) is 1.81. The van der Waals surface area contributed by atoms with Gasteiger partial charge in [0.15, 0.2) is 0 Å². The maximum absolute atomic E-state index is 10.1. The van der Waals surface area contributed by atoms with E-state index in [4.69, 9.17) is 4.74 Å². The smallest absolute Gasteiger partial charge is 0.105 e. The summed E-state index contributed by atoms with van der Waals surface area (Å²) in [4.78, 5) is 0. The minimum absolute atomic E-state index is 0.140. The van der Waals surface area contributed by atoms with E-state index < -0.39 is 6.10 Å². The molecule has 2 heteroatoms. The van der Waals surface area contributed by atoms with Crippen molar-refractivity contribution in [3.05, 3.63) is 35.9 Å². The predicted octanol–water partition coefficient (Wildman–Crippen LogP) is 3.71. The maximum Gasteiger partial charge on any atom is 0.105 e. The molecule has 2 atom stereocenters. The lowest BCUT2D eigenvalue weighted by Crippen LogP contribution is -2.19. The minimum Gasteiger partial charge on any atom is -0.386 e. The molecule has 17 heavy (non-hydrogen) atoms. The first kappa shape index (κ1) is 14.2. The van der Waals surface area contributed by atoms with Gasteiger partial charge in [0.05, 0.1) is 6.10 Å². The number of unbranched alkanes of at least 4 members (excludes halogenated alkanes) is 3. The van der Waals surface area contributed by atoms with Crippen LogP contribution in [0.3, 0.4) is 0 Å². The van der Waals surface area contributed by atoms with E-state index >= 15 is 0 Å². The summed E-state index contributed by atoms with van der Waals surface area (Å²) >= 11 is 0. The van der Waals surface area contributed by atoms with E-state index in [1.54, 1.807) is 0 Å². The highest BCUT2D eigenvalue weighted by Crippen LogP contribution is 2.18. The Morgan fingerprint density at radius 1 is 1.12 bits per heavy atom. The number of ether oxygens (including phenoxy) is 1. The van der Waals surface area contributed by atoms with Gasteiger partial charge in [-0.15, -0.1) is 0 Å². The first-order valence-corrected chi connectivity index (χ1v) is 6.60. The van der Waals surface area contributed by atoms with Crippen LogP contribution in [0.2, 0.25) is 0 Å². The molecule has 2 nitrogen and oxygen atoms in total. The molecule has 0 saturated carbocycles. The van der Waals surface area contributed by atoms with Crippen LogP contribution in [0.1, 0.15) is 51.2 Å². The normalized spacial score (nSPS) is 14.5. The lowest BCUT2D eigenvalue weighted by Gasteiger charge is -2.19. The molecule has 0 amide bonds. The van der Waals surface area contributed by atoms with E-state index in [1.165, 1.54) is 19.3 Å². The second kappa shape index (κ2) is 8.26. The molecule has 0 fully saturated rings. The zero-order chi connectivity index (χ0) is 12.5. The molecule has 0 bridgehead atoms. The topological polar surface area (TPSA) is 29.5 Å². The van der Waals surface area contributed by atoms with Crippen molar-refractivity contribution in [2.24, 2.45) is 0 Å².